The molecule has 0 aromatic heterocycles. The van der Waals surface area contributed by atoms with Gasteiger partial charge in [-0.15, -0.1) is 0 Å². The van der Waals surface area contributed by atoms with Gasteiger partial charge in [0.15, 0.2) is 27.8 Å². The lowest BCUT2D eigenvalue weighted by atomic mass is 9.55. The second kappa shape index (κ2) is 8.67. The van der Waals surface area contributed by atoms with Crippen molar-refractivity contribution in [2.75, 3.05) is 0 Å². The summed E-state index contributed by atoms with van der Waals surface area (Å²) in [5.74, 6) is -0.131. The molecule has 6 heteroatoms. The monoisotopic (exact) mass is 516 g/mol. The van der Waals surface area contributed by atoms with Crippen LogP contribution in [0.4, 0.5) is 0 Å². The SMILES string of the molecule is C[C@]12C(c3ccccc3)CC(C#N)(O[Si](C)(C)C)[C@@]1(C)C(c1ccccc1)CC2(C#N)O[Si](C)(C)C. The molecule has 36 heavy (non-hydrogen) atoms. The van der Waals surface area contributed by atoms with Crippen LogP contribution in [0.25, 0.3) is 0 Å². The topological polar surface area (TPSA) is 66.0 Å². The molecule has 0 radical (unpaired) electrons. The summed E-state index contributed by atoms with van der Waals surface area (Å²) in [7, 11) is -4.31. The van der Waals surface area contributed by atoms with Crippen LogP contribution in [-0.4, -0.2) is 27.8 Å². The summed E-state index contributed by atoms with van der Waals surface area (Å²) in [6, 6.07) is 26.3. The molecule has 2 aliphatic carbocycles. The fourth-order valence-electron chi connectivity index (χ4n) is 7.52. The average molecular weight is 517 g/mol. The van der Waals surface area contributed by atoms with Crippen LogP contribution in [0, 0.1) is 33.5 Å². The molecule has 0 heterocycles. The maximum atomic E-state index is 11.0. The van der Waals surface area contributed by atoms with E-state index in [0.29, 0.717) is 12.8 Å². The molecule has 2 aromatic rings. The Morgan fingerprint density at radius 1 is 0.639 bits per heavy atom. The lowest BCUT2D eigenvalue weighted by molar-refractivity contribution is -0.0810. The second-order valence-electron chi connectivity index (χ2n) is 13.0. The fraction of sp³-hybridized carbons (Fsp3) is 0.533. The lowest BCUT2D eigenvalue weighted by Gasteiger charge is -2.52. The molecule has 2 fully saturated rings. The third-order valence-corrected chi connectivity index (χ3v) is 10.8. The van der Waals surface area contributed by atoms with Crippen molar-refractivity contribution in [3.8, 4) is 12.1 Å². The van der Waals surface area contributed by atoms with Crippen LogP contribution in [0.3, 0.4) is 0 Å². The predicted octanol–water partition coefficient (Wildman–Crippen LogP) is 7.60. The molecule has 2 aromatic carbocycles. The zero-order valence-corrected chi connectivity index (χ0v) is 25.1. The molecule has 0 aliphatic heterocycles. The van der Waals surface area contributed by atoms with E-state index in [-0.39, 0.29) is 11.8 Å². The molecule has 4 nitrogen and oxygen atoms in total. The Balaban J connectivity index is 2.10. The summed E-state index contributed by atoms with van der Waals surface area (Å²) < 4.78 is 14.0. The Kier molecular flexibility index (Phi) is 6.46. The first-order valence-corrected chi connectivity index (χ1v) is 19.8. The van der Waals surface area contributed by atoms with E-state index >= 15 is 0 Å². The highest BCUT2D eigenvalue weighted by Crippen LogP contribution is 2.80. The summed E-state index contributed by atoms with van der Waals surface area (Å²) in [6.45, 7) is 17.4. The normalized spacial score (nSPS) is 36.2. The minimum Gasteiger partial charge on any atom is -0.399 e. The molecule has 0 N–H and O–H groups in total. The van der Waals surface area contributed by atoms with Gasteiger partial charge in [-0.3, -0.25) is 0 Å². The van der Waals surface area contributed by atoms with E-state index < -0.39 is 38.7 Å². The van der Waals surface area contributed by atoms with E-state index in [0.717, 1.165) is 11.1 Å². The first-order valence-electron chi connectivity index (χ1n) is 13.0. The van der Waals surface area contributed by atoms with Crippen molar-refractivity contribution in [2.45, 2.75) is 89.0 Å². The predicted molar refractivity (Wildman–Crippen MR) is 149 cm³/mol. The summed E-state index contributed by atoms with van der Waals surface area (Å²) in [5.41, 5.74) is -1.12. The minimum absolute atomic E-state index is 0.0654. The number of rotatable bonds is 6. The van der Waals surface area contributed by atoms with Crippen molar-refractivity contribution in [2.24, 2.45) is 10.8 Å². The molecule has 2 saturated carbocycles. The number of nitrogens with zero attached hydrogens (tertiary/aromatic N) is 2. The van der Waals surface area contributed by atoms with Crippen LogP contribution in [0.5, 0.6) is 0 Å². The number of hydrogen-bond acceptors (Lipinski definition) is 4. The third-order valence-electron chi connectivity index (χ3n) is 8.86. The average Bonchev–Trinajstić information content (AvgIpc) is 3.14. The molecule has 4 unspecified atom stereocenters. The molecular formula is C30H40N2O2Si2. The highest BCUT2D eigenvalue weighted by molar-refractivity contribution is 6.70. The highest BCUT2D eigenvalue weighted by atomic mass is 28.4. The minimum atomic E-state index is -2.16. The van der Waals surface area contributed by atoms with Crippen LogP contribution < -0.4 is 0 Å². The molecule has 4 rings (SSSR count). The molecule has 0 saturated heterocycles. The van der Waals surface area contributed by atoms with Crippen LogP contribution in [0.2, 0.25) is 39.3 Å². The number of benzene rings is 2. The van der Waals surface area contributed by atoms with Crippen molar-refractivity contribution in [1.82, 2.24) is 0 Å². The van der Waals surface area contributed by atoms with Gasteiger partial charge < -0.3 is 8.85 Å². The van der Waals surface area contributed by atoms with Gasteiger partial charge >= 0.3 is 0 Å². The molecular weight excluding hydrogens is 477 g/mol. The molecule has 6 atom stereocenters. The van der Waals surface area contributed by atoms with Crippen molar-refractivity contribution in [3.63, 3.8) is 0 Å². The lowest BCUT2D eigenvalue weighted by Crippen LogP contribution is -2.59. The van der Waals surface area contributed by atoms with Crippen molar-refractivity contribution < 1.29 is 8.85 Å². The van der Waals surface area contributed by atoms with Crippen molar-refractivity contribution >= 4 is 16.6 Å². The molecule has 190 valence electrons. The van der Waals surface area contributed by atoms with Gasteiger partial charge in [-0.1, -0.05) is 74.5 Å². The Hall–Kier alpha value is -2.23. The van der Waals surface area contributed by atoms with E-state index in [1.807, 2.05) is 12.1 Å². The van der Waals surface area contributed by atoms with Crippen LogP contribution in [0.1, 0.15) is 49.7 Å². The highest BCUT2D eigenvalue weighted by Gasteiger charge is 2.82. The maximum absolute atomic E-state index is 11.0. The van der Waals surface area contributed by atoms with E-state index in [1.54, 1.807) is 0 Å². The second-order valence-corrected chi connectivity index (χ2v) is 21.9. The zero-order chi connectivity index (χ0) is 26.6. The quantitative estimate of drug-likeness (QED) is 0.371. The smallest absolute Gasteiger partial charge is 0.185 e. The van der Waals surface area contributed by atoms with Gasteiger partial charge in [0.25, 0.3) is 0 Å². The Bertz CT molecular complexity index is 1100. The van der Waals surface area contributed by atoms with Gasteiger partial charge in [0.1, 0.15) is 0 Å². The summed E-state index contributed by atoms with van der Waals surface area (Å²) >= 11 is 0. The van der Waals surface area contributed by atoms with Gasteiger partial charge in [-0.2, -0.15) is 10.5 Å². The number of fused-ring (bicyclic) bond motifs is 1. The van der Waals surface area contributed by atoms with Crippen LogP contribution in [0.15, 0.2) is 60.7 Å². The Morgan fingerprint density at radius 3 is 1.19 bits per heavy atom. The van der Waals surface area contributed by atoms with E-state index in [2.05, 4.69) is 114 Å². The Labute approximate surface area is 219 Å². The Morgan fingerprint density at radius 2 is 0.944 bits per heavy atom. The van der Waals surface area contributed by atoms with E-state index in [4.69, 9.17) is 8.85 Å². The number of nitriles is 2. The summed E-state index contributed by atoms with van der Waals surface area (Å²) in [6.07, 6.45) is 1.10. The standard InChI is InChI=1S/C30H40N2O2Si2/c1-27-25(23-15-11-9-12-16-23)19-30(22-32,34-36(6,7)8)28(27,2)26(24-17-13-10-14-18-24)20-29(27,21-31)33-35(3,4)5/h9-18,25-26H,19-20H2,1-8H3/t25?,26?,27-,28-,29?,30?/m0/s1. The maximum Gasteiger partial charge on any atom is 0.185 e. The van der Waals surface area contributed by atoms with Crippen LogP contribution in [-0.2, 0) is 8.85 Å². The number of hydrogen-bond donors (Lipinski definition) is 0. The van der Waals surface area contributed by atoms with Gasteiger partial charge in [0, 0.05) is 10.8 Å². The molecule has 0 amide bonds. The first-order chi connectivity index (χ1) is 16.7. The fourth-order valence-corrected chi connectivity index (χ4v) is 10.3. The third kappa shape index (κ3) is 3.82. The van der Waals surface area contributed by atoms with Gasteiger partial charge in [0.05, 0.1) is 12.1 Å². The summed E-state index contributed by atoms with van der Waals surface area (Å²) in [5, 5.41) is 22.1. The van der Waals surface area contributed by atoms with Crippen molar-refractivity contribution in [3.05, 3.63) is 71.8 Å². The van der Waals surface area contributed by atoms with E-state index in [1.165, 1.54) is 0 Å². The molecule has 0 spiro atoms. The summed E-state index contributed by atoms with van der Waals surface area (Å²) in [4.78, 5) is 0. The van der Waals surface area contributed by atoms with Gasteiger partial charge in [0.2, 0.25) is 0 Å². The largest absolute Gasteiger partial charge is 0.399 e. The zero-order valence-electron chi connectivity index (χ0n) is 23.1. The van der Waals surface area contributed by atoms with Crippen LogP contribution >= 0.6 is 0 Å². The van der Waals surface area contributed by atoms with Gasteiger partial charge in [-0.25, -0.2) is 0 Å². The van der Waals surface area contributed by atoms with Crippen molar-refractivity contribution in [1.29, 1.82) is 10.5 Å². The van der Waals surface area contributed by atoms with Gasteiger partial charge in [-0.05, 0) is 75.1 Å². The molecule has 2 aliphatic rings. The molecule has 0 bridgehead atoms. The first kappa shape index (κ1) is 26.8. The van der Waals surface area contributed by atoms with E-state index in [9.17, 15) is 10.5 Å².